The number of hydrogen-bond donors (Lipinski definition) is 2. The summed E-state index contributed by atoms with van der Waals surface area (Å²) >= 11 is -0.303. The second-order valence-corrected chi connectivity index (χ2v) is 9.05. The zero-order chi connectivity index (χ0) is 23.2. The highest BCUT2D eigenvalue weighted by atomic mass is 32.2. The summed E-state index contributed by atoms with van der Waals surface area (Å²) in [4.78, 5) is 24.1. The van der Waals surface area contributed by atoms with Gasteiger partial charge in [0.05, 0.1) is 10.5 Å². The van der Waals surface area contributed by atoms with Gasteiger partial charge in [0.2, 0.25) is 10.0 Å². The maximum atomic E-state index is 12.3. The highest BCUT2D eigenvalue weighted by Crippen LogP contribution is 2.36. The molecule has 168 valence electrons. The Bertz CT molecular complexity index is 1020. The van der Waals surface area contributed by atoms with Gasteiger partial charge in [0.15, 0.2) is 6.10 Å². The summed E-state index contributed by atoms with van der Waals surface area (Å²) in [7, 11) is -3.78. The van der Waals surface area contributed by atoms with Gasteiger partial charge in [-0.3, -0.25) is 4.79 Å². The second-order valence-electron chi connectivity index (χ2n) is 6.35. The Morgan fingerprint density at radius 1 is 1.10 bits per heavy atom. The number of primary sulfonamides is 1. The molecule has 2 aromatic carbocycles. The van der Waals surface area contributed by atoms with Crippen LogP contribution in [-0.4, -0.2) is 38.5 Å². The normalized spacial score (nSPS) is 12.8. The third-order valence-electron chi connectivity index (χ3n) is 3.94. The van der Waals surface area contributed by atoms with Gasteiger partial charge in [0, 0.05) is 11.4 Å². The topological polar surface area (TPSA) is 116 Å². The Kier molecular flexibility index (Phi) is 8.09. The number of nitrogens with one attached hydrogen (secondary N) is 1. The molecular weight excluding hydrogens is 457 g/mol. The fraction of sp³-hybridized carbons (Fsp3) is 0.263. The van der Waals surface area contributed by atoms with Crippen LogP contribution in [0.1, 0.15) is 22.8 Å². The molecule has 0 heterocycles. The number of alkyl halides is 3. The second kappa shape index (κ2) is 10.2. The van der Waals surface area contributed by atoms with Crippen LogP contribution in [0.4, 0.5) is 13.2 Å². The van der Waals surface area contributed by atoms with Crippen molar-refractivity contribution in [2.24, 2.45) is 5.14 Å². The Morgan fingerprint density at radius 3 is 2.19 bits per heavy atom. The van der Waals surface area contributed by atoms with Crippen LogP contribution in [0, 0.1) is 0 Å². The predicted octanol–water partition coefficient (Wildman–Crippen LogP) is 2.85. The lowest BCUT2D eigenvalue weighted by molar-refractivity contribution is -0.129. The Hall–Kier alpha value is -2.57. The number of carbonyl (C=O) groups is 2. The first kappa shape index (κ1) is 24.7. The SMILES string of the molecule is CC(OC(=O)c1ccc(SC(F)(F)F)cc1)C(=O)NCCc1ccc(S(N)(=O)=O)cc1. The van der Waals surface area contributed by atoms with E-state index in [2.05, 4.69) is 5.32 Å². The Balaban J connectivity index is 1.81. The molecule has 0 aliphatic carbocycles. The fourth-order valence-electron chi connectivity index (χ4n) is 2.39. The van der Waals surface area contributed by atoms with Crippen molar-refractivity contribution in [3.63, 3.8) is 0 Å². The number of nitrogens with two attached hydrogens (primary N) is 1. The van der Waals surface area contributed by atoms with Crippen LogP contribution < -0.4 is 10.5 Å². The van der Waals surface area contributed by atoms with E-state index in [0.29, 0.717) is 6.42 Å². The molecule has 0 spiro atoms. The lowest BCUT2D eigenvalue weighted by atomic mass is 10.1. The number of thioether (sulfide) groups is 1. The summed E-state index contributed by atoms with van der Waals surface area (Å²) in [5.41, 5.74) is -3.66. The van der Waals surface area contributed by atoms with Crippen LogP contribution in [0.25, 0.3) is 0 Å². The molecule has 1 unspecified atom stereocenters. The molecule has 1 atom stereocenters. The van der Waals surface area contributed by atoms with Crippen molar-refractivity contribution in [2.75, 3.05) is 6.54 Å². The van der Waals surface area contributed by atoms with Gasteiger partial charge in [-0.15, -0.1) is 0 Å². The zero-order valence-corrected chi connectivity index (χ0v) is 17.8. The number of ether oxygens (including phenoxy) is 1. The van der Waals surface area contributed by atoms with Crippen molar-refractivity contribution in [2.45, 2.75) is 34.7 Å². The van der Waals surface area contributed by atoms with Gasteiger partial charge in [-0.25, -0.2) is 18.4 Å². The maximum Gasteiger partial charge on any atom is 0.446 e. The smallest absolute Gasteiger partial charge is 0.446 e. The molecule has 0 aliphatic rings. The lowest BCUT2D eigenvalue weighted by Crippen LogP contribution is -2.36. The third kappa shape index (κ3) is 8.23. The molecule has 12 heteroatoms. The molecule has 0 aliphatic heterocycles. The summed E-state index contributed by atoms with van der Waals surface area (Å²) in [6.07, 6.45) is -0.725. The molecule has 31 heavy (non-hydrogen) atoms. The number of carbonyl (C=O) groups excluding carboxylic acids is 2. The first-order valence-electron chi connectivity index (χ1n) is 8.81. The number of hydrogen-bond acceptors (Lipinski definition) is 6. The highest BCUT2D eigenvalue weighted by Gasteiger charge is 2.29. The molecule has 0 aromatic heterocycles. The molecular formula is C19H19F3N2O5S2. The van der Waals surface area contributed by atoms with Crippen LogP contribution in [0.5, 0.6) is 0 Å². The molecule has 3 N–H and O–H groups in total. The van der Waals surface area contributed by atoms with Gasteiger partial charge >= 0.3 is 11.5 Å². The van der Waals surface area contributed by atoms with Gasteiger partial charge in [-0.1, -0.05) is 12.1 Å². The summed E-state index contributed by atoms with van der Waals surface area (Å²) in [6.45, 7) is 1.57. The highest BCUT2D eigenvalue weighted by molar-refractivity contribution is 8.00. The fourth-order valence-corrected chi connectivity index (χ4v) is 3.45. The van der Waals surface area contributed by atoms with Crippen molar-refractivity contribution in [3.8, 4) is 0 Å². The summed E-state index contributed by atoms with van der Waals surface area (Å²) in [5, 5.41) is 7.60. The molecule has 1 amide bonds. The molecule has 7 nitrogen and oxygen atoms in total. The number of sulfonamides is 1. The monoisotopic (exact) mass is 476 g/mol. The Labute approximate surface area is 181 Å². The molecule has 0 radical (unpaired) electrons. The van der Waals surface area contributed by atoms with Gasteiger partial charge in [-0.05, 0) is 67.1 Å². The van der Waals surface area contributed by atoms with E-state index in [4.69, 9.17) is 9.88 Å². The number of amides is 1. The van der Waals surface area contributed by atoms with E-state index in [1.807, 2.05) is 0 Å². The lowest BCUT2D eigenvalue weighted by Gasteiger charge is -2.14. The van der Waals surface area contributed by atoms with Crippen LogP contribution in [0.2, 0.25) is 0 Å². The molecule has 0 saturated carbocycles. The van der Waals surface area contributed by atoms with Crippen LogP contribution >= 0.6 is 11.8 Å². The van der Waals surface area contributed by atoms with Gasteiger partial charge < -0.3 is 10.1 Å². The van der Waals surface area contributed by atoms with E-state index in [9.17, 15) is 31.2 Å². The Morgan fingerprint density at radius 2 is 1.68 bits per heavy atom. The van der Waals surface area contributed by atoms with Gasteiger partial charge in [0.1, 0.15) is 0 Å². The van der Waals surface area contributed by atoms with Crippen molar-refractivity contribution in [1.82, 2.24) is 5.32 Å². The maximum absolute atomic E-state index is 12.3. The zero-order valence-electron chi connectivity index (χ0n) is 16.2. The van der Waals surface area contributed by atoms with Crippen molar-refractivity contribution >= 4 is 33.7 Å². The molecule has 0 fully saturated rings. The van der Waals surface area contributed by atoms with E-state index in [1.54, 1.807) is 12.1 Å². The minimum Gasteiger partial charge on any atom is -0.449 e. The standard InChI is InChI=1S/C19H19F3N2O5S2/c1-12(29-18(26)14-4-6-15(7-5-14)30-19(20,21)22)17(25)24-11-10-13-2-8-16(9-3-13)31(23,27)28/h2-9,12H,10-11H2,1H3,(H,24,25)(H2,23,27,28). The summed E-state index contributed by atoms with van der Waals surface area (Å²) in [5.74, 6) is -1.40. The van der Waals surface area contributed by atoms with Gasteiger partial charge in [-0.2, -0.15) is 13.2 Å². The minimum atomic E-state index is -4.43. The first-order valence-corrected chi connectivity index (χ1v) is 11.2. The van der Waals surface area contributed by atoms with Crippen LogP contribution in [0.15, 0.2) is 58.3 Å². The largest absolute Gasteiger partial charge is 0.449 e. The quantitative estimate of drug-likeness (QED) is 0.447. The van der Waals surface area contributed by atoms with E-state index in [0.717, 1.165) is 17.7 Å². The number of rotatable bonds is 8. The van der Waals surface area contributed by atoms with E-state index in [-0.39, 0.29) is 33.7 Å². The summed E-state index contributed by atoms with van der Waals surface area (Å²) < 4.78 is 64.5. The average molecular weight is 476 g/mol. The number of halogens is 3. The summed E-state index contributed by atoms with van der Waals surface area (Å²) in [6, 6.07) is 10.5. The van der Waals surface area contributed by atoms with E-state index in [1.165, 1.54) is 31.2 Å². The van der Waals surface area contributed by atoms with Crippen LogP contribution in [0.3, 0.4) is 0 Å². The van der Waals surface area contributed by atoms with Crippen molar-refractivity contribution in [1.29, 1.82) is 0 Å². The first-order chi connectivity index (χ1) is 14.3. The third-order valence-corrected chi connectivity index (χ3v) is 5.61. The van der Waals surface area contributed by atoms with E-state index < -0.39 is 33.5 Å². The molecule has 0 saturated heterocycles. The van der Waals surface area contributed by atoms with Crippen molar-refractivity contribution < 1.29 is 35.9 Å². The minimum absolute atomic E-state index is 0.0149. The molecule has 2 rings (SSSR count). The number of esters is 1. The van der Waals surface area contributed by atoms with E-state index >= 15 is 0 Å². The van der Waals surface area contributed by atoms with Gasteiger partial charge in [0.25, 0.3) is 5.91 Å². The molecule has 2 aromatic rings. The van der Waals surface area contributed by atoms with Crippen molar-refractivity contribution in [3.05, 3.63) is 59.7 Å². The number of benzene rings is 2. The predicted molar refractivity (Wildman–Crippen MR) is 108 cm³/mol. The average Bonchev–Trinajstić information content (AvgIpc) is 2.66. The molecule has 0 bridgehead atoms. The van der Waals surface area contributed by atoms with Crippen LogP contribution in [-0.2, 0) is 26.0 Å².